The molecule has 2 aliphatic rings. The Morgan fingerprint density at radius 2 is 1.74 bits per heavy atom. The van der Waals surface area contributed by atoms with E-state index in [2.05, 4.69) is 20.4 Å². The zero-order valence-corrected chi connectivity index (χ0v) is 18.8. The number of carbonyl (C=O) groups is 2. The van der Waals surface area contributed by atoms with Crippen molar-refractivity contribution in [3.05, 3.63) is 78.5 Å². The molecule has 0 radical (unpaired) electrons. The lowest BCUT2D eigenvalue weighted by Crippen LogP contribution is -2.30. The van der Waals surface area contributed by atoms with Gasteiger partial charge in [0.25, 0.3) is 5.91 Å². The smallest absolute Gasteiger partial charge is 0.253 e. The number of hydrogen-bond acceptors (Lipinski definition) is 6. The van der Waals surface area contributed by atoms with Gasteiger partial charge in [-0.2, -0.15) is 5.10 Å². The number of nitrogens with zero attached hydrogens (tertiary/aromatic N) is 4. The van der Waals surface area contributed by atoms with Crippen molar-refractivity contribution in [2.24, 2.45) is 5.92 Å². The van der Waals surface area contributed by atoms with Gasteiger partial charge in [-0.1, -0.05) is 18.2 Å². The van der Waals surface area contributed by atoms with E-state index >= 15 is 0 Å². The predicted molar refractivity (Wildman–Crippen MR) is 129 cm³/mol. The molecule has 3 heterocycles. The normalized spacial score (nSPS) is 19.8. The van der Waals surface area contributed by atoms with Crippen LogP contribution in [0.2, 0.25) is 0 Å². The molecule has 5 rings (SSSR count). The summed E-state index contributed by atoms with van der Waals surface area (Å²) in [4.78, 5) is 29.3. The van der Waals surface area contributed by atoms with Gasteiger partial charge in [-0.15, -0.1) is 5.10 Å². The molecule has 8 heteroatoms. The minimum absolute atomic E-state index is 0.00548. The summed E-state index contributed by atoms with van der Waals surface area (Å²) < 4.78 is 6.09. The Bertz CT molecular complexity index is 1120. The maximum absolute atomic E-state index is 12.7. The Kier molecular flexibility index (Phi) is 6.38. The van der Waals surface area contributed by atoms with Crippen LogP contribution in [0.1, 0.15) is 23.2 Å². The fourth-order valence-corrected chi connectivity index (χ4v) is 4.47. The summed E-state index contributed by atoms with van der Waals surface area (Å²) in [5.74, 6) is 1.48. The van der Waals surface area contributed by atoms with Gasteiger partial charge in [0.2, 0.25) is 5.91 Å². The predicted octanol–water partition coefficient (Wildman–Crippen LogP) is 3.24. The summed E-state index contributed by atoms with van der Waals surface area (Å²) in [7, 11) is 0. The fraction of sp³-hybridized carbons (Fsp3) is 0.308. The molecule has 1 N–H and O–H groups in total. The van der Waals surface area contributed by atoms with Gasteiger partial charge < -0.3 is 19.9 Å². The van der Waals surface area contributed by atoms with Gasteiger partial charge in [0.1, 0.15) is 11.9 Å². The van der Waals surface area contributed by atoms with E-state index in [1.165, 1.54) is 0 Å². The summed E-state index contributed by atoms with van der Waals surface area (Å²) in [5.41, 5.74) is 1.44. The number of anilines is 2. The Balaban J connectivity index is 1.11. The second-order valence-corrected chi connectivity index (χ2v) is 8.67. The molecule has 2 fully saturated rings. The number of hydrogen-bond donors (Lipinski definition) is 1. The van der Waals surface area contributed by atoms with Crippen LogP contribution in [-0.2, 0) is 4.79 Å². The molecule has 2 aromatic carbocycles. The molecule has 2 atom stereocenters. The van der Waals surface area contributed by atoms with Gasteiger partial charge >= 0.3 is 0 Å². The molecule has 0 unspecified atom stereocenters. The highest BCUT2D eigenvalue weighted by atomic mass is 16.5. The highest BCUT2D eigenvalue weighted by Gasteiger charge is 2.30. The standard InChI is InChI=1S/C26H27N5O3/c32-25(20-12-15-30(17-20)24-7-4-14-27-29-24)28-21-8-10-22(11-9-21)34-23-13-16-31(18-23)26(33)19-5-2-1-3-6-19/h1-11,14,20,23H,12-13,15-18H2,(H,28,32)/t20-,23-/m0/s1. The zero-order valence-electron chi connectivity index (χ0n) is 18.8. The second-order valence-electron chi connectivity index (χ2n) is 8.67. The molecule has 0 saturated carbocycles. The van der Waals surface area contributed by atoms with Crippen LogP contribution in [0.3, 0.4) is 0 Å². The Hall–Kier alpha value is -3.94. The Labute approximate surface area is 198 Å². The quantitative estimate of drug-likeness (QED) is 0.612. The largest absolute Gasteiger partial charge is 0.489 e. The maximum Gasteiger partial charge on any atom is 0.253 e. The van der Waals surface area contributed by atoms with Gasteiger partial charge in [-0.05, 0) is 55.0 Å². The van der Waals surface area contributed by atoms with Crippen LogP contribution in [0, 0.1) is 5.92 Å². The third kappa shape index (κ3) is 5.01. The van der Waals surface area contributed by atoms with E-state index in [-0.39, 0.29) is 23.8 Å². The van der Waals surface area contributed by atoms with Crippen LogP contribution < -0.4 is 15.0 Å². The van der Waals surface area contributed by atoms with E-state index in [9.17, 15) is 9.59 Å². The van der Waals surface area contributed by atoms with E-state index in [0.717, 1.165) is 36.6 Å². The average molecular weight is 458 g/mol. The summed E-state index contributed by atoms with van der Waals surface area (Å²) in [6.07, 6.45) is 3.17. The van der Waals surface area contributed by atoms with Crippen molar-refractivity contribution < 1.29 is 14.3 Å². The lowest BCUT2D eigenvalue weighted by Gasteiger charge is -2.18. The SMILES string of the molecule is O=C(Nc1ccc(O[C@H]2CCN(C(=O)c3ccccc3)C2)cc1)[C@H]1CCN(c2cccnn2)C1. The average Bonchev–Trinajstić information content (AvgIpc) is 3.56. The summed E-state index contributed by atoms with van der Waals surface area (Å²) in [5, 5.41) is 11.1. The van der Waals surface area contributed by atoms with Gasteiger partial charge in [-0.3, -0.25) is 9.59 Å². The molecule has 1 aromatic heterocycles. The number of aromatic nitrogens is 2. The number of rotatable bonds is 6. The molecule has 8 nitrogen and oxygen atoms in total. The molecule has 174 valence electrons. The molecule has 0 spiro atoms. The van der Waals surface area contributed by atoms with E-state index in [0.29, 0.717) is 25.2 Å². The van der Waals surface area contributed by atoms with Crippen LogP contribution in [0.25, 0.3) is 0 Å². The number of ether oxygens (including phenoxy) is 1. The molecule has 3 aromatic rings. The number of carbonyl (C=O) groups excluding carboxylic acids is 2. The van der Waals surface area contributed by atoms with Crippen LogP contribution in [0.15, 0.2) is 72.9 Å². The van der Waals surface area contributed by atoms with Crippen LogP contribution in [0.5, 0.6) is 5.75 Å². The van der Waals surface area contributed by atoms with Crippen molar-refractivity contribution in [2.75, 3.05) is 36.4 Å². The first-order valence-electron chi connectivity index (χ1n) is 11.6. The first kappa shape index (κ1) is 21.9. The zero-order chi connectivity index (χ0) is 23.3. The summed E-state index contributed by atoms with van der Waals surface area (Å²) >= 11 is 0. The maximum atomic E-state index is 12.7. The van der Waals surface area contributed by atoms with Gasteiger partial charge in [0, 0.05) is 43.5 Å². The van der Waals surface area contributed by atoms with Gasteiger partial charge in [0.15, 0.2) is 5.82 Å². The molecule has 2 saturated heterocycles. The number of amides is 2. The molecule has 2 amide bonds. The molecule has 0 bridgehead atoms. The number of likely N-dealkylation sites (tertiary alicyclic amines) is 1. The highest BCUT2D eigenvalue weighted by Crippen LogP contribution is 2.25. The van der Waals surface area contributed by atoms with Gasteiger partial charge in [-0.25, -0.2) is 0 Å². The topological polar surface area (TPSA) is 87.7 Å². The lowest BCUT2D eigenvalue weighted by atomic mass is 10.1. The molecular weight excluding hydrogens is 430 g/mol. The van der Waals surface area contributed by atoms with Crippen molar-refractivity contribution in [3.63, 3.8) is 0 Å². The number of benzene rings is 2. The van der Waals surface area contributed by atoms with Gasteiger partial charge in [0.05, 0.1) is 12.5 Å². The molecule has 34 heavy (non-hydrogen) atoms. The molecular formula is C26H27N5O3. The van der Waals surface area contributed by atoms with E-state index in [1.807, 2.05) is 71.6 Å². The first-order chi connectivity index (χ1) is 16.7. The van der Waals surface area contributed by atoms with Crippen LogP contribution >= 0.6 is 0 Å². The van der Waals surface area contributed by atoms with Crippen LogP contribution in [0.4, 0.5) is 11.5 Å². The van der Waals surface area contributed by atoms with E-state index in [4.69, 9.17) is 4.74 Å². The van der Waals surface area contributed by atoms with E-state index in [1.54, 1.807) is 6.20 Å². The van der Waals surface area contributed by atoms with E-state index < -0.39 is 0 Å². The Morgan fingerprint density at radius 1 is 0.912 bits per heavy atom. The highest BCUT2D eigenvalue weighted by molar-refractivity contribution is 5.94. The fourth-order valence-electron chi connectivity index (χ4n) is 4.47. The minimum Gasteiger partial charge on any atom is -0.489 e. The first-order valence-corrected chi connectivity index (χ1v) is 11.6. The monoisotopic (exact) mass is 457 g/mol. The third-order valence-electron chi connectivity index (χ3n) is 6.32. The van der Waals surface area contributed by atoms with Crippen molar-refractivity contribution in [2.45, 2.75) is 18.9 Å². The second kappa shape index (κ2) is 9.91. The van der Waals surface area contributed by atoms with Crippen molar-refractivity contribution in [1.82, 2.24) is 15.1 Å². The summed E-state index contributed by atoms with van der Waals surface area (Å²) in [6.45, 7) is 2.66. The lowest BCUT2D eigenvalue weighted by molar-refractivity contribution is -0.119. The van der Waals surface area contributed by atoms with Crippen molar-refractivity contribution in [3.8, 4) is 5.75 Å². The van der Waals surface area contributed by atoms with Crippen LogP contribution in [-0.4, -0.2) is 59.2 Å². The number of nitrogens with one attached hydrogen (secondary N) is 1. The summed E-state index contributed by atoms with van der Waals surface area (Å²) in [6, 6.07) is 20.5. The van der Waals surface area contributed by atoms with Crippen molar-refractivity contribution >= 4 is 23.3 Å². The Morgan fingerprint density at radius 3 is 2.50 bits per heavy atom. The minimum atomic E-state index is -0.0930. The molecule has 2 aliphatic heterocycles. The van der Waals surface area contributed by atoms with Crippen molar-refractivity contribution in [1.29, 1.82) is 0 Å². The third-order valence-corrected chi connectivity index (χ3v) is 6.32. The molecule has 0 aliphatic carbocycles.